The van der Waals surface area contributed by atoms with Crippen molar-refractivity contribution in [3.05, 3.63) is 0 Å². The van der Waals surface area contributed by atoms with Gasteiger partial charge in [0.1, 0.15) is 79.2 Å². The second kappa shape index (κ2) is 15.2. The smallest absolute Gasteiger partial charge is 0.335 e. The number of aliphatic carboxylic acids is 1. The van der Waals surface area contributed by atoms with E-state index in [9.17, 15) is 55.2 Å². The normalized spacial score (nSPS) is 50.5. The number of hydrogen-bond donors (Lipinski definition) is 10. The Hall–Kier alpha value is -2.19. The highest BCUT2D eigenvalue weighted by Gasteiger charge is 2.58. The molecule has 20 atom stereocenters. The fourth-order valence-corrected chi connectivity index (χ4v) is 6.59. The lowest BCUT2D eigenvalue weighted by Gasteiger charge is -2.52. The van der Waals surface area contributed by atoms with Crippen molar-refractivity contribution in [3.8, 4) is 0 Å². The molecule has 0 aromatic rings. The summed E-state index contributed by atoms with van der Waals surface area (Å²) in [6, 6.07) is -3.19. The van der Waals surface area contributed by atoms with Gasteiger partial charge in [0.15, 0.2) is 31.3 Å². The summed E-state index contributed by atoms with van der Waals surface area (Å²) in [6.07, 6.45) is -30.7. The molecule has 280 valence electrons. The van der Waals surface area contributed by atoms with Gasteiger partial charge in [-0.05, 0) is 13.8 Å². The molecule has 2 amide bonds. The van der Waals surface area contributed by atoms with Crippen LogP contribution in [0, 0.1) is 0 Å². The van der Waals surface area contributed by atoms with E-state index in [1.807, 2.05) is 0 Å². The molecule has 0 aliphatic carbocycles. The Morgan fingerprint density at radius 3 is 1.67 bits per heavy atom. The lowest BCUT2D eigenvalue weighted by Crippen LogP contribution is -2.72. The molecule has 0 radical (unpaired) electrons. The fourth-order valence-electron chi connectivity index (χ4n) is 6.59. The summed E-state index contributed by atoms with van der Waals surface area (Å²) in [5.41, 5.74) is 0. The number of ether oxygens (including phenoxy) is 8. The first kappa shape index (κ1) is 38.1. The monoisotopic (exact) mass is 712 g/mol. The van der Waals surface area contributed by atoms with Crippen molar-refractivity contribution in [2.45, 2.75) is 150 Å². The van der Waals surface area contributed by atoms with Gasteiger partial charge in [-0.1, -0.05) is 0 Å². The number of nitrogens with one attached hydrogen (secondary N) is 2. The summed E-state index contributed by atoms with van der Waals surface area (Å²) >= 11 is 0. The van der Waals surface area contributed by atoms with E-state index in [0.717, 1.165) is 13.8 Å². The highest BCUT2D eigenvalue weighted by Crippen LogP contribution is 2.37. The molecule has 0 aromatic heterocycles. The van der Waals surface area contributed by atoms with Crippen LogP contribution in [0.15, 0.2) is 0 Å². The highest BCUT2D eigenvalue weighted by atomic mass is 16.8. The van der Waals surface area contributed by atoms with Crippen LogP contribution >= 0.6 is 0 Å². The third-order valence-electron chi connectivity index (χ3n) is 9.14. The highest BCUT2D eigenvalue weighted by molar-refractivity contribution is 5.75. The number of rotatable bonds is 4. The molecule has 0 unspecified atom stereocenters. The van der Waals surface area contributed by atoms with E-state index in [1.54, 1.807) is 0 Å². The van der Waals surface area contributed by atoms with Crippen LogP contribution in [0.25, 0.3) is 0 Å². The first-order valence-corrected chi connectivity index (χ1v) is 15.7. The van der Waals surface area contributed by atoms with Gasteiger partial charge in [-0.25, -0.2) is 4.79 Å². The molecule has 10 N–H and O–H groups in total. The van der Waals surface area contributed by atoms with Gasteiger partial charge >= 0.3 is 5.97 Å². The van der Waals surface area contributed by atoms with E-state index in [4.69, 9.17) is 37.9 Å². The fraction of sp³-hybridized carbons (Fsp3) is 0.893. The van der Waals surface area contributed by atoms with Crippen LogP contribution in [0.3, 0.4) is 0 Å². The molecule has 0 saturated carbocycles. The predicted molar refractivity (Wildman–Crippen MR) is 151 cm³/mol. The zero-order chi connectivity index (χ0) is 36.1. The van der Waals surface area contributed by atoms with Crippen LogP contribution in [0.1, 0.15) is 27.7 Å². The maximum Gasteiger partial charge on any atom is 0.335 e. The average molecular weight is 713 g/mol. The number of aliphatic hydroxyl groups excluding tert-OH is 7. The Morgan fingerprint density at radius 1 is 0.531 bits per heavy atom. The van der Waals surface area contributed by atoms with Crippen molar-refractivity contribution in [2.75, 3.05) is 6.61 Å². The van der Waals surface area contributed by atoms with Gasteiger partial charge in [-0.15, -0.1) is 0 Å². The molecule has 6 aliphatic rings. The number of aliphatic hydroxyl groups is 7. The van der Waals surface area contributed by atoms with Gasteiger partial charge in [0.05, 0.1) is 18.8 Å². The average Bonchev–Trinajstić information content (AvgIpc) is 3.02. The molecule has 6 aliphatic heterocycles. The molecular weight excluding hydrogens is 668 g/mol. The summed E-state index contributed by atoms with van der Waals surface area (Å²) in [4.78, 5) is 37.2. The largest absolute Gasteiger partial charge is 0.479 e. The molecule has 21 heteroatoms. The number of hydrogen-bond acceptors (Lipinski definition) is 18. The Bertz CT molecular complexity index is 1200. The van der Waals surface area contributed by atoms with E-state index < -0.39 is 147 Å². The second-order valence-electron chi connectivity index (χ2n) is 12.7. The Balaban J connectivity index is 1.66. The molecule has 6 heterocycles. The number of fused-ring (bicyclic) bond motifs is 2. The molecule has 6 saturated heterocycles. The van der Waals surface area contributed by atoms with E-state index in [2.05, 4.69) is 10.6 Å². The second-order valence-corrected chi connectivity index (χ2v) is 12.7. The molecule has 6 rings (SSSR count). The number of carbonyl (C=O) groups is 3. The van der Waals surface area contributed by atoms with Gasteiger partial charge in [0.2, 0.25) is 11.8 Å². The molecule has 21 nitrogen and oxygen atoms in total. The van der Waals surface area contributed by atoms with Crippen LogP contribution in [0.5, 0.6) is 0 Å². The SMILES string of the molecule is CC(=O)N[C@H]1[C@H]2O[C@H]3[C@H](O)[C@@H](CO)O[C@@H](O[C@H]4[C@H](O[C@@H]5[C@@H](O)[C@H](C)O[C@@H](O[C@H]([C@@H]1O)[C@@H](C(=O)O)O2)[C@@H]5O)O[C@@H](C)[C@H](O)[C@H]4O)[C@@H]3NC(C)=O. The number of carbonyl (C=O) groups excluding carboxylic acids is 2. The van der Waals surface area contributed by atoms with Gasteiger partial charge < -0.3 is 89.4 Å². The number of carboxylic acids is 1. The Kier molecular flexibility index (Phi) is 11.8. The third-order valence-corrected chi connectivity index (χ3v) is 9.14. The Morgan fingerprint density at radius 2 is 1.06 bits per heavy atom. The van der Waals surface area contributed by atoms with Crippen LogP contribution < -0.4 is 10.6 Å². The van der Waals surface area contributed by atoms with E-state index in [1.165, 1.54) is 13.8 Å². The van der Waals surface area contributed by atoms with E-state index >= 15 is 0 Å². The standard InChI is InChI=1S/C28H44N2O19/c1-6-13(34)17(38)22-28(43-6)46-20-14(35)7(2)42-27(18(20)39)47-21-16(37)11(29-8(3)32)25(49-23(21)24(40)41)45-19-12(30-9(4)33)26(48-22)44-10(5-31)15(19)36/h6-7,10-23,25-28,31,34-39H,5H2,1-4H3,(H,29,32)(H,30,33)(H,40,41)/t6-,7-,10+,11+,12+,13-,14-,15+,16+,17+,18+,19+,20+,21+,22+,23-,25-,26-,27-,28-/m0/s1. The van der Waals surface area contributed by atoms with Crippen molar-refractivity contribution in [3.63, 3.8) is 0 Å². The maximum atomic E-state index is 12.5. The quantitative estimate of drug-likeness (QED) is 0.130. The predicted octanol–water partition coefficient (Wildman–Crippen LogP) is -6.27. The van der Waals surface area contributed by atoms with Gasteiger partial charge in [0, 0.05) is 13.8 Å². The molecule has 0 spiro atoms. The zero-order valence-corrected chi connectivity index (χ0v) is 26.8. The summed E-state index contributed by atoms with van der Waals surface area (Å²) in [5.74, 6) is -3.16. The maximum absolute atomic E-state index is 12.5. The van der Waals surface area contributed by atoms with Crippen molar-refractivity contribution >= 4 is 17.8 Å². The van der Waals surface area contributed by atoms with Gasteiger partial charge in [0.25, 0.3) is 0 Å². The molecule has 49 heavy (non-hydrogen) atoms. The minimum Gasteiger partial charge on any atom is -0.479 e. The molecule has 6 bridgehead atoms. The first-order chi connectivity index (χ1) is 23.0. The molecular formula is C28H44N2O19. The van der Waals surface area contributed by atoms with Gasteiger partial charge in [-0.2, -0.15) is 0 Å². The van der Waals surface area contributed by atoms with Crippen LogP contribution in [-0.4, -0.2) is 188 Å². The van der Waals surface area contributed by atoms with Crippen LogP contribution in [-0.2, 0) is 52.3 Å². The van der Waals surface area contributed by atoms with E-state index in [-0.39, 0.29) is 0 Å². The molecule has 6 fully saturated rings. The first-order valence-electron chi connectivity index (χ1n) is 15.7. The molecule has 0 aromatic carbocycles. The lowest BCUT2D eigenvalue weighted by molar-refractivity contribution is -0.395. The summed E-state index contributed by atoms with van der Waals surface area (Å²) in [6.45, 7) is 4.07. The lowest BCUT2D eigenvalue weighted by atomic mass is 9.93. The summed E-state index contributed by atoms with van der Waals surface area (Å²) < 4.78 is 46.7. The van der Waals surface area contributed by atoms with Crippen LogP contribution in [0.2, 0.25) is 0 Å². The minimum atomic E-state index is -2.07. The van der Waals surface area contributed by atoms with Crippen LogP contribution in [0.4, 0.5) is 0 Å². The van der Waals surface area contributed by atoms with E-state index in [0.29, 0.717) is 0 Å². The van der Waals surface area contributed by atoms with Gasteiger partial charge in [-0.3, -0.25) is 9.59 Å². The number of amides is 2. The number of carboxylic acid groups (broad SMARTS) is 1. The zero-order valence-electron chi connectivity index (χ0n) is 26.8. The summed E-state index contributed by atoms with van der Waals surface area (Å²) in [7, 11) is 0. The van der Waals surface area contributed by atoms with Crippen molar-refractivity contribution < 1.29 is 93.1 Å². The topological polar surface area (TPSA) is 311 Å². The Labute approximate surface area is 278 Å². The summed E-state index contributed by atoms with van der Waals surface area (Å²) in [5, 5.41) is 92.1. The van der Waals surface area contributed by atoms with Crippen molar-refractivity contribution in [1.29, 1.82) is 0 Å². The van der Waals surface area contributed by atoms with Crippen molar-refractivity contribution in [1.82, 2.24) is 10.6 Å². The van der Waals surface area contributed by atoms with Crippen molar-refractivity contribution in [2.24, 2.45) is 0 Å². The minimum absolute atomic E-state index is 0.727. The third kappa shape index (κ3) is 7.56.